The van der Waals surface area contributed by atoms with Gasteiger partial charge in [0.1, 0.15) is 5.00 Å². The lowest BCUT2D eigenvalue weighted by atomic mass is 9.88. The molecule has 9 heteroatoms. The number of hydrogen-bond donors (Lipinski definition) is 2. The van der Waals surface area contributed by atoms with E-state index in [1.165, 1.54) is 23.1 Å². The smallest absolute Gasteiger partial charge is 0.341 e. The van der Waals surface area contributed by atoms with Crippen LogP contribution in [0.2, 0.25) is 0 Å². The predicted molar refractivity (Wildman–Crippen MR) is 137 cm³/mol. The lowest BCUT2D eigenvalue weighted by Gasteiger charge is -2.18. The van der Waals surface area contributed by atoms with Crippen LogP contribution < -0.4 is 10.6 Å². The highest BCUT2D eigenvalue weighted by molar-refractivity contribution is 9.10. The van der Waals surface area contributed by atoms with E-state index in [-0.39, 0.29) is 5.97 Å². The number of fused-ring (bicyclic) bond motifs is 1. The van der Waals surface area contributed by atoms with E-state index in [0.717, 1.165) is 34.3 Å². The number of nitrogens with zero attached hydrogens (tertiary/aromatic N) is 2. The summed E-state index contributed by atoms with van der Waals surface area (Å²) in [5.74, 6) is 0.896. The van der Waals surface area contributed by atoms with E-state index in [0.29, 0.717) is 29.0 Å². The van der Waals surface area contributed by atoms with Gasteiger partial charge in [-0.1, -0.05) is 36.8 Å². The van der Waals surface area contributed by atoms with Gasteiger partial charge in [-0.3, -0.25) is 4.68 Å². The van der Waals surface area contributed by atoms with Crippen LogP contribution in [0.25, 0.3) is 0 Å². The molecule has 1 aliphatic carbocycles. The fraction of sp³-hybridized carbons (Fsp3) is 0.348. The molecule has 1 atom stereocenters. The predicted octanol–water partition coefficient (Wildman–Crippen LogP) is 5.78. The molecule has 4 rings (SSSR count). The van der Waals surface area contributed by atoms with Gasteiger partial charge < -0.3 is 15.4 Å². The van der Waals surface area contributed by atoms with E-state index < -0.39 is 0 Å². The number of thiocarbonyl (C=S) groups is 1. The third kappa shape index (κ3) is 5.05. The van der Waals surface area contributed by atoms with Crippen LogP contribution in [-0.4, -0.2) is 28.0 Å². The zero-order valence-electron chi connectivity index (χ0n) is 18.2. The Morgan fingerprint density at radius 2 is 2.09 bits per heavy atom. The van der Waals surface area contributed by atoms with Gasteiger partial charge in [0.15, 0.2) is 10.9 Å². The molecule has 1 unspecified atom stereocenters. The molecule has 0 bridgehead atoms. The van der Waals surface area contributed by atoms with Crippen molar-refractivity contribution in [3.05, 3.63) is 62.1 Å². The third-order valence-corrected chi connectivity index (χ3v) is 7.50. The van der Waals surface area contributed by atoms with Gasteiger partial charge in [-0.2, -0.15) is 5.10 Å². The number of esters is 1. The van der Waals surface area contributed by atoms with Crippen molar-refractivity contribution >= 4 is 61.4 Å². The number of thiophene rings is 1. The number of methoxy groups -OCH3 is 1. The molecule has 3 aromatic rings. The van der Waals surface area contributed by atoms with Crippen molar-refractivity contribution in [3.8, 4) is 0 Å². The molecule has 0 saturated heterocycles. The Balaban J connectivity index is 1.49. The second kappa shape index (κ2) is 9.72. The Morgan fingerprint density at radius 3 is 2.81 bits per heavy atom. The summed E-state index contributed by atoms with van der Waals surface area (Å²) in [4.78, 5) is 13.7. The minimum Gasteiger partial charge on any atom is -0.465 e. The van der Waals surface area contributed by atoms with E-state index in [1.54, 1.807) is 11.3 Å². The first-order chi connectivity index (χ1) is 15.3. The largest absolute Gasteiger partial charge is 0.465 e. The fourth-order valence-corrected chi connectivity index (χ4v) is 5.92. The van der Waals surface area contributed by atoms with Crippen molar-refractivity contribution in [1.82, 2.24) is 9.78 Å². The quantitative estimate of drug-likeness (QED) is 0.320. The van der Waals surface area contributed by atoms with E-state index >= 15 is 0 Å². The van der Waals surface area contributed by atoms with Crippen molar-refractivity contribution in [2.75, 3.05) is 17.7 Å². The maximum absolute atomic E-state index is 12.5. The molecular weight excluding hydrogens is 508 g/mol. The number of ether oxygens (including phenoxy) is 1. The van der Waals surface area contributed by atoms with Crippen LogP contribution in [0, 0.1) is 12.8 Å². The maximum Gasteiger partial charge on any atom is 0.341 e. The van der Waals surface area contributed by atoms with Crippen molar-refractivity contribution in [2.45, 2.75) is 39.7 Å². The first-order valence-electron chi connectivity index (χ1n) is 10.4. The van der Waals surface area contributed by atoms with Gasteiger partial charge in [-0.15, -0.1) is 11.3 Å². The van der Waals surface area contributed by atoms with E-state index in [4.69, 9.17) is 17.0 Å². The number of aromatic nitrogens is 2. The molecule has 0 amide bonds. The molecular formula is C23H25BrN4O2S2. The molecule has 0 radical (unpaired) electrons. The van der Waals surface area contributed by atoms with E-state index in [9.17, 15) is 4.79 Å². The minimum atomic E-state index is -0.328. The summed E-state index contributed by atoms with van der Waals surface area (Å²) in [5.41, 5.74) is 4.09. The summed E-state index contributed by atoms with van der Waals surface area (Å²) in [5, 5.41) is 12.1. The molecule has 1 aliphatic rings. The summed E-state index contributed by atoms with van der Waals surface area (Å²) in [6.45, 7) is 4.97. The van der Waals surface area contributed by atoms with Crippen LogP contribution in [0.15, 0.2) is 34.9 Å². The first kappa shape index (κ1) is 22.9. The van der Waals surface area contributed by atoms with Crippen molar-refractivity contribution in [3.63, 3.8) is 0 Å². The van der Waals surface area contributed by atoms with Crippen molar-refractivity contribution in [2.24, 2.45) is 5.92 Å². The standard InChI is InChI=1S/C23H25BrN4O2S2/c1-13-4-7-15(8-5-13)11-28-12-17(24)20(27-28)25-23(31)26-21-19(22(29)30-3)16-9-6-14(2)10-18(16)32-21/h4-5,7-8,12,14H,6,9-11H2,1-3H3,(H2,25,26,27,31). The Kier molecular flexibility index (Phi) is 6.97. The molecule has 2 aromatic heterocycles. The SMILES string of the molecule is COC(=O)c1c(NC(=S)Nc2nn(Cc3ccc(C)cc3)cc2Br)sc2c1CCC(C)C2. The van der Waals surface area contributed by atoms with Crippen LogP contribution in [0.5, 0.6) is 0 Å². The van der Waals surface area contributed by atoms with E-state index in [2.05, 4.69) is 69.8 Å². The number of halogens is 1. The topological polar surface area (TPSA) is 68.2 Å². The number of aryl methyl sites for hydroxylation is 1. The average Bonchev–Trinajstić information content (AvgIpc) is 3.27. The molecule has 1 aromatic carbocycles. The summed E-state index contributed by atoms with van der Waals surface area (Å²) in [6.07, 6.45) is 4.84. The molecule has 2 N–H and O–H groups in total. The highest BCUT2D eigenvalue weighted by Gasteiger charge is 2.28. The molecule has 6 nitrogen and oxygen atoms in total. The van der Waals surface area contributed by atoms with Gasteiger partial charge in [-0.25, -0.2) is 4.79 Å². The lowest BCUT2D eigenvalue weighted by Crippen LogP contribution is -2.21. The molecule has 0 aliphatic heterocycles. The monoisotopic (exact) mass is 532 g/mol. The zero-order chi connectivity index (χ0) is 22.8. The first-order valence-corrected chi connectivity index (χ1v) is 12.4. The Morgan fingerprint density at radius 1 is 1.34 bits per heavy atom. The van der Waals surface area contributed by atoms with Gasteiger partial charge in [0, 0.05) is 11.1 Å². The van der Waals surface area contributed by atoms with Crippen LogP contribution >= 0.6 is 39.5 Å². The summed E-state index contributed by atoms with van der Waals surface area (Å²) >= 11 is 10.7. The molecule has 2 heterocycles. The van der Waals surface area contributed by atoms with Gasteiger partial charge >= 0.3 is 5.97 Å². The number of carbonyl (C=O) groups excluding carboxylic acids is 1. The van der Waals surface area contributed by atoms with E-state index in [1.807, 2.05) is 10.9 Å². The van der Waals surface area contributed by atoms with Gasteiger partial charge in [-0.05, 0) is 71.4 Å². The molecule has 168 valence electrons. The number of benzene rings is 1. The Labute approximate surface area is 205 Å². The second-order valence-corrected chi connectivity index (χ2v) is 10.5. The molecule has 32 heavy (non-hydrogen) atoms. The summed E-state index contributed by atoms with van der Waals surface area (Å²) in [6, 6.07) is 8.37. The van der Waals surface area contributed by atoms with Crippen LogP contribution in [-0.2, 0) is 24.1 Å². The Bertz CT molecular complexity index is 1150. The zero-order valence-corrected chi connectivity index (χ0v) is 21.4. The highest BCUT2D eigenvalue weighted by atomic mass is 79.9. The molecule has 0 saturated carbocycles. The van der Waals surface area contributed by atoms with Crippen LogP contribution in [0.3, 0.4) is 0 Å². The third-order valence-electron chi connectivity index (χ3n) is 5.54. The summed E-state index contributed by atoms with van der Waals surface area (Å²) in [7, 11) is 1.41. The number of nitrogens with one attached hydrogen (secondary N) is 2. The number of hydrogen-bond acceptors (Lipinski definition) is 5. The molecule has 0 spiro atoms. The molecule has 0 fully saturated rings. The van der Waals surface area contributed by atoms with Crippen LogP contribution in [0.4, 0.5) is 10.8 Å². The van der Waals surface area contributed by atoms with Crippen molar-refractivity contribution < 1.29 is 9.53 Å². The number of rotatable bonds is 5. The van der Waals surface area contributed by atoms with Gasteiger partial charge in [0.25, 0.3) is 0 Å². The normalized spacial score (nSPS) is 15.2. The number of carbonyl (C=O) groups is 1. The fourth-order valence-electron chi connectivity index (χ4n) is 3.84. The lowest BCUT2D eigenvalue weighted by molar-refractivity contribution is 0.0601. The average molecular weight is 534 g/mol. The van der Waals surface area contributed by atoms with Crippen LogP contribution in [0.1, 0.15) is 45.3 Å². The second-order valence-electron chi connectivity index (χ2n) is 8.14. The van der Waals surface area contributed by atoms with Gasteiger partial charge in [0.05, 0.1) is 23.7 Å². The minimum absolute atomic E-state index is 0.328. The highest BCUT2D eigenvalue weighted by Crippen LogP contribution is 2.40. The number of anilines is 2. The van der Waals surface area contributed by atoms with Gasteiger partial charge in [0.2, 0.25) is 0 Å². The Hall–Kier alpha value is -2.23. The van der Waals surface area contributed by atoms with Crippen molar-refractivity contribution in [1.29, 1.82) is 0 Å². The summed E-state index contributed by atoms with van der Waals surface area (Å²) < 4.78 is 7.71. The maximum atomic E-state index is 12.5.